The molecule has 2 aromatic heterocycles. The Morgan fingerprint density at radius 3 is 2.89 bits per heavy atom. The van der Waals surface area contributed by atoms with Crippen molar-refractivity contribution in [1.29, 1.82) is 0 Å². The average Bonchev–Trinajstić information content (AvgIpc) is 2.83. The summed E-state index contributed by atoms with van der Waals surface area (Å²) in [5.41, 5.74) is 1.18. The van der Waals surface area contributed by atoms with Gasteiger partial charge in [-0.3, -0.25) is 0 Å². The first kappa shape index (κ1) is 11.8. The highest BCUT2D eigenvalue weighted by molar-refractivity contribution is 5.88. The molecular weight excluding hydrogens is 246 g/mol. The molecule has 3 rings (SSSR count). The molecule has 0 aromatic carbocycles. The number of amidine groups is 1. The number of imidazole rings is 1. The molecule has 1 fully saturated rings. The van der Waals surface area contributed by atoms with Crippen molar-refractivity contribution >= 4 is 22.8 Å². The van der Waals surface area contributed by atoms with Gasteiger partial charge in [0.2, 0.25) is 0 Å². The zero-order valence-corrected chi connectivity index (χ0v) is 10.7. The molecule has 19 heavy (non-hydrogen) atoms. The summed E-state index contributed by atoms with van der Waals surface area (Å²) in [5, 5.41) is 0. The van der Waals surface area contributed by atoms with E-state index in [4.69, 9.17) is 10.6 Å². The molecule has 3 heterocycles. The molecule has 8 heteroatoms. The van der Waals surface area contributed by atoms with E-state index in [-0.39, 0.29) is 0 Å². The van der Waals surface area contributed by atoms with Crippen LogP contribution in [0.2, 0.25) is 0 Å². The highest BCUT2D eigenvalue weighted by Crippen LogP contribution is 2.19. The van der Waals surface area contributed by atoms with Crippen molar-refractivity contribution in [2.45, 2.75) is 6.92 Å². The van der Waals surface area contributed by atoms with Gasteiger partial charge in [-0.1, -0.05) is 0 Å². The summed E-state index contributed by atoms with van der Waals surface area (Å²) in [4.78, 5) is 19.1. The number of fused-ring (bicyclic) bond motifs is 1. The molecule has 8 nitrogen and oxygen atoms in total. The molecule has 2 aromatic rings. The third-order valence-corrected chi connectivity index (χ3v) is 3.08. The van der Waals surface area contributed by atoms with Gasteiger partial charge in [0, 0.05) is 13.1 Å². The fraction of sp³-hybridized carbons (Fsp3) is 0.455. The van der Waals surface area contributed by atoms with Gasteiger partial charge in [-0.05, 0) is 6.92 Å². The maximum atomic E-state index is 5.71. The van der Waals surface area contributed by atoms with Crippen molar-refractivity contribution in [3.05, 3.63) is 12.7 Å². The molecule has 0 unspecified atom stereocenters. The van der Waals surface area contributed by atoms with Crippen LogP contribution in [-0.4, -0.2) is 56.7 Å². The highest BCUT2D eigenvalue weighted by atomic mass is 16.5. The molecule has 1 aliphatic heterocycles. The lowest BCUT2D eigenvalue weighted by Gasteiger charge is -2.28. The molecule has 2 N–H and O–H groups in total. The molecule has 0 atom stereocenters. The van der Waals surface area contributed by atoms with Crippen LogP contribution in [0.1, 0.15) is 6.92 Å². The second-order valence-electron chi connectivity index (χ2n) is 4.28. The minimum atomic E-state index is 0.540. The SMILES string of the molecule is CC(=Nc1ncnc2c1ncn2N)N1CCOCC1. The van der Waals surface area contributed by atoms with E-state index in [1.54, 1.807) is 0 Å². The predicted octanol–water partition coefficient (Wildman–Crippen LogP) is -0.0778. The Labute approximate surface area is 109 Å². The number of hydrogen-bond donors (Lipinski definition) is 1. The summed E-state index contributed by atoms with van der Waals surface area (Å²) in [5.74, 6) is 7.15. The summed E-state index contributed by atoms with van der Waals surface area (Å²) in [7, 11) is 0. The molecule has 1 saturated heterocycles. The van der Waals surface area contributed by atoms with Gasteiger partial charge in [-0.2, -0.15) is 0 Å². The van der Waals surface area contributed by atoms with Crippen LogP contribution in [0, 0.1) is 0 Å². The molecule has 0 amide bonds. The third kappa shape index (κ3) is 2.22. The fourth-order valence-electron chi connectivity index (χ4n) is 2.03. The Hall–Kier alpha value is -2.22. The summed E-state index contributed by atoms with van der Waals surface area (Å²) in [6.45, 7) is 5.09. The van der Waals surface area contributed by atoms with E-state index in [0.29, 0.717) is 17.0 Å². The van der Waals surface area contributed by atoms with Crippen LogP contribution < -0.4 is 5.84 Å². The third-order valence-electron chi connectivity index (χ3n) is 3.08. The average molecular weight is 261 g/mol. The minimum Gasteiger partial charge on any atom is -0.378 e. The second-order valence-corrected chi connectivity index (χ2v) is 4.28. The van der Waals surface area contributed by atoms with Gasteiger partial charge < -0.3 is 15.5 Å². The van der Waals surface area contributed by atoms with Crippen LogP contribution >= 0.6 is 0 Å². The minimum absolute atomic E-state index is 0.540. The van der Waals surface area contributed by atoms with E-state index in [1.807, 2.05) is 6.92 Å². The molecule has 0 saturated carbocycles. The van der Waals surface area contributed by atoms with Crippen molar-refractivity contribution in [2.75, 3.05) is 32.1 Å². The topological polar surface area (TPSA) is 94.5 Å². The zero-order valence-electron chi connectivity index (χ0n) is 10.7. The second kappa shape index (κ2) is 4.81. The Morgan fingerprint density at radius 1 is 1.32 bits per heavy atom. The van der Waals surface area contributed by atoms with E-state index >= 15 is 0 Å². The number of nitrogens with two attached hydrogens (primary N) is 1. The lowest BCUT2D eigenvalue weighted by Crippen LogP contribution is -2.39. The Morgan fingerprint density at radius 2 is 2.11 bits per heavy atom. The monoisotopic (exact) mass is 261 g/mol. The van der Waals surface area contributed by atoms with Crippen LogP contribution in [0.25, 0.3) is 11.2 Å². The first-order valence-corrected chi connectivity index (χ1v) is 6.07. The standard InChI is InChI=1S/C11H15N7O/c1-8(17-2-4-19-5-3-17)16-10-9-11(14-6-13-10)18(12)7-15-9/h6-7H,2-5,12H2,1H3. The maximum absolute atomic E-state index is 5.71. The Kier molecular flexibility index (Phi) is 3.00. The van der Waals surface area contributed by atoms with Crippen LogP contribution in [0.3, 0.4) is 0 Å². The molecular formula is C11H15N7O. The normalized spacial score (nSPS) is 17.1. The highest BCUT2D eigenvalue weighted by Gasteiger charge is 2.13. The van der Waals surface area contributed by atoms with Crippen LogP contribution in [-0.2, 0) is 4.74 Å². The van der Waals surface area contributed by atoms with Gasteiger partial charge >= 0.3 is 0 Å². The van der Waals surface area contributed by atoms with Gasteiger partial charge in [0.05, 0.1) is 13.2 Å². The van der Waals surface area contributed by atoms with Crippen LogP contribution in [0.15, 0.2) is 17.6 Å². The number of aromatic nitrogens is 4. The van der Waals surface area contributed by atoms with Crippen molar-refractivity contribution in [3.8, 4) is 0 Å². The van der Waals surface area contributed by atoms with Gasteiger partial charge in [0.25, 0.3) is 0 Å². The fourth-order valence-corrected chi connectivity index (χ4v) is 2.03. The first-order chi connectivity index (χ1) is 9.25. The zero-order chi connectivity index (χ0) is 13.2. The number of aliphatic imine (C=N–C) groups is 1. The maximum Gasteiger partial charge on any atom is 0.185 e. The van der Waals surface area contributed by atoms with Crippen molar-refractivity contribution in [1.82, 2.24) is 24.5 Å². The smallest absolute Gasteiger partial charge is 0.185 e. The van der Waals surface area contributed by atoms with Gasteiger partial charge in [-0.15, -0.1) is 0 Å². The predicted molar refractivity (Wildman–Crippen MR) is 70.6 cm³/mol. The number of morpholine rings is 1. The molecule has 100 valence electrons. The quantitative estimate of drug-likeness (QED) is 0.438. The van der Waals surface area contributed by atoms with E-state index in [1.165, 1.54) is 17.3 Å². The summed E-state index contributed by atoms with van der Waals surface area (Å²) < 4.78 is 6.68. The molecule has 1 aliphatic rings. The lowest BCUT2D eigenvalue weighted by atomic mass is 10.4. The van der Waals surface area contributed by atoms with Crippen molar-refractivity contribution in [2.24, 2.45) is 4.99 Å². The van der Waals surface area contributed by atoms with E-state index < -0.39 is 0 Å². The number of rotatable bonds is 1. The summed E-state index contributed by atoms with van der Waals surface area (Å²) >= 11 is 0. The molecule has 0 radical (unpaired) electrons. The first-order valence-electron chi connectivity index (χ1n) is 6.07. The van der Waals surface area contributed by atoms with Crippen molar-refractivity contribution < 1.29 is 4.74 Å². The Bertz CT molecular complexity index is 615. The largest absolute Gasteiger partial charge is 0.378 e. The van der Waals surface area contributed by atoms with Gasteiger partial charge in [0.15, 0.2) is 17.0 Å². The lowest BCUT2D eigenvalue weighted by molar-refractivity contribution is 0.0678. The summed E-state index contributed by atoms with van der Waals surface area (Å²) in [6.07, 6.45) is 2.95. The van der Waals surface area contributed by atoms with E-state index in [9.17, 15) is 0 Å². The number of ether oxygens (including phenoxy) is 1. The Balaban J connectivity index is 1.95. The number of nitrogen functional groups attached to an aromatic ring is 1. The van der Waals surface area contributed by atoms with Gasteiger partial charge in [-0.25, -0.2) is 24.6 Å². The molecule has 0 bridgehead atoms. The van der Waals surface area contributed by atoms with Crippen molar-refractivity contribution in [3.63, 3.8) is 0 Å². The summed E-state index contributed by atoms with van der Waals surface area (Å²) in [6, 6.07) is 0. The molecule has 0 spiro atoms. The number of nitrogens with zero attached hydrogens (tertiary/aromatic N) is 6. The van der Waals surface area contributed by atoms with E-state index in [0.717, 1.165) is 32.1 Å². The van der Waals surface area contributed by atoms with Gasteiger partial charge in [0.1, 0.15) is 18.5 Å². The number of hydrogen-bond acceptors (Lipinski definition) is 6. The van der Waals surface area contributed by atoms with Crippen LogP contribution in [0.5, 0.6) is 0 Å². The molecule has 0 aliphatic carbocycles. The van der Waals surface area contributed by atoms with Crippen LogP contribution in [0.4, 0.5) is 5.82 Å². The van der Waals surface area contributed by atoms with E-state index in [2.05, 4.69) is 24.8 Å².